The molecule has 0 radical (unpaired) electrons. The van der Waals surface area contributed by atoms with E-state index in [1.165, 1.54) is 12.8 Å². The Labute approximate surface area is 132 Å². The summed E-state index contributed by atoms with van der Waals surface area (Å²) in [5.41, 5.74) is 0. The first kappa shape index (κ1) is 16.3. The van der Waals surface area contributed by atoms with Crippen LogP contribution in [-0.2, 0) is 0 Å². The van der Waals surface area contributed by atoms with Gasteiger partial charge in [-0.2, -0.15) is 15.0 Å². The fourth-order valence-corrected chi connectivity index (χ4v) is 2.73. The maximum absolute atomic E-state index is 6.14. The van der Waals surface area contributed by atoms with Crippen LogP contribution in [0.25, 0.3) is 0 Å². The van der Waals surface area contributed by atoms with Crippen LogP contribution in [-0.4, -0.2) is 40.6 Å². The van der Waals surface area contributed by atoms with E-state index >= 15 is 0 Å². The average molecular weight is 312 g/mol. The molecule has 0 bridgehead atoms. The van der Waals surface area contributed by atoms with Gasteiger partial charge in [0.15, 0.2) is 0 Å². The maximum atomic E-state index is 6.14. The number of halogens is 1. The van der Waals surface area contributed by atoms with Crippen LogP contribution in [0.15, 0.2) is 0 Å². The van der Waals surface area contributed by atoms with Crippen molar-refractivity contribution in [2.24, 2.45) is 0 Å². The SMILES string of the molecule is CCCCN(c1nc(Cl)nc(N2CCCC2)n1)C(C)CC. The molecule has 118 valence electrons. The van der Waals surface area contributed by atoms with Crippen LogP contribution in [0.2, 0.25) is 5.28 Å². The molecule has 2 heterocycles. The third kappa shape index (κ3) is 4.19. The van der Waals surface area contributed by atoms with E-state index < -0.39 is 0 Å². The molecule has 0 saturated carbocycles. The van der Waals surface area contributed by atoms with Crippen LogP contribution in [0.4, 0.5) is 11.9 Å². The Hall–Kier alpha value is -1.10. The van der Waals surface area contributed by atoms with E-state index in [0.29, 0.717) is 11.3 Å². The molecule has 1 aromatic rings. The lowest BCUT2D eigenvalue weighted by atomic mass is 10.2. The average Bonchev–Trinajstić information content (AvgIpc) is 3.01. The molecule has 0 aliphatic carbocycles. The monoisotopic (exact) mass is 311 g/mol. The molecule has 6 heteroatoms. The number of unbranched alkanes of at least 4 members (excludes halogenated alkanes) is 1. The molecule has 1 fully saturated rings. The van der Waals surface area contributed by atoms with E-state index in [9.17, 15) is 0 Å². The van der Waals surface area contributed by atoms with Gasteiger partial charge in [-0.05, 0) is 44.2 Å². The molecule has 1 atom stereocenters. The Morgan fingerprint density at radius 3 is 2.52 bits per heavy atom. The predicted molar refractivity (Wildman–Crippen MR) is 88.3 cm³/mol. The zero-order valence-corrected chi connectivity index (χ0v) is 14.1. The zero-order chi connectivity index (χ0) is 15.2. The summed E-state index contributed by atoms with van der Waals surface area (Å²) in [6.07, 6.45) is 5.75. The minimum atomic E-state index is 0.298. The van der Waals surface area contributed by atoms with Gasteiger partial charge in [0, 0.05) is 25.7 Å². The summed E-state index contributed by atoms with van der Waals surface area (Å²) in [5, 5.41) is 0.298. The number of hydrogen-bond donors (Lipinski definition) is 0. The lowest BCUT2D eigenvalue weighted by Crippen LogP contribution is -2.35. The van der Waals surface area contributed by atoms with Crippen LogP contribution >= 0.6 is 11.6 Å². The standard InChI is InChI=1S/C15H26ClN5/c1-4-6-11-21(12(3)5-2)15-18-13(16)17-14(19-15)20-9-7-8-10-20/h12H,4-11H2,1-3H3. The summed E-state index contributed by atoms with van der Waals surface area (Å²) in [4.78, 5) is 17.8. The number of aromatic nitrogens is 3. The van der Waals surface area contributed by atoms with Crippen molar-refractivity contribution in [2.45, 2.75) is 58.9 Å². The molecule has 2 rings (SSSR count). The summed E-state index contributed by atoms with van der Waals surface area (Å²) < 4.78 is 0. The third-order valence-corrected chi connectivity index (χ3v) is 4.27. The summed E-state index contributed by atoms with van der Waals surface area (Å²) in [5.74, 6) is 1.45. The summed E-state index contributed by atoms with van der Waals surface area (Å²) in [6.45, 7) is 9.59. The van der Waals surface area contributed by atoms with E-state index in [2.05, 4.69) is 45.5 Å². The van der Waals surface area contributed by atoms with Gasteiger partial charge < -0.3 is 9.80 Å². The fourth-order valence-electron chi connectivity index (χ4n) is 2.58. The molecule has 21 heavy (non-hydrogen) atoms. The Kier molecular flexibility index (Phi) is 6.03. The van der Waals surface area contributed by atoms with E-state index in [4.69, 9.17) is 11.6 Å². The third-order valence-electron chi connectivity index (χ3n) is 4.11. The second-order valence-electron chi connectivity index (χ2n) is 5.70. The first-order valence-corrected chi connectivity index (χ1v) is 8.46. The lowest BCUT2D eigenvalue weighted by Gasteiger charge is -2.29. The highest BCUT2D eigenvalue weighted by molar-refractivity contribution is 6.28. The lowest BCUT2D eigenvalue weighted by molar-refractivity contribution is 0.581. The fraction of sp³-hybridized carbons (Fsp3) is 0.800. The maximum Gasteiger partial charge on any atom is 0.231 e. The smallest absolute Gasteiger partial charge is 0.231 e. The van der Waals surface area contributed by atoms with Crippen LogP contribution in [0.1, 0.15) is 52.9 Å². The predicted octanol–water partition coefficient (Wildman–Crippen LogP) is 3.53. The van der Waals surface area contributed by atoms with Crippen LogP contribution in [0.3, 0.4) is 0 Å². The second kappa shape index (κ2) is 7.78. The largest absolute Gasteiger partial charge is 0.341 e. The summed E-state index contributed by atoms with van der Waals surface area (Å²) in [6, 6.07) is 0.404. The first-order chi connectivity index (χ1) is 10.2. The van der Waals surface area contributed by atoms with Gasteiger partial charge in [0.1, 0.15) is 0 Å². The quantitative estimate of drug-likeness (QED) is 0.771. The van der Waals surface area contributed by atoms with Gasteiger partial charge in [-0.1, -0.05) is 20.3 Å². The highest BCUT2D eigenvalue weighted by Gasteiger charge is 2.21. The molecule has 1 saturated heterocycles. The van der Waals surface area contributed by atoms with Crippen molar-refractivity contribution < 1.29 is 0 Å². The van der Waals surface area contributed by atoms with Gasteiger partial charge in [0.05, 0.1) is 0 Å². The van der Waals surface area contributed by atoms with Crippen molar-refractivity contribution in [2.75, 3.05) is 29.4 Å². The topological polar surface area (TPSA) is 45.2 Å². The van der Waals surface area contributed by atoms with Gasteiger partial charge in [-0.3, -0.25) is 0 Å². The van der Waals surface area contributed by atoms with E-state index in [1.54, 1.807) is 0 Å². The Morgan fingerprint density at radius 1 is 1.19 bits per heavy atom. The highest BCUT2D eigenvalue weighted by atomic mass is 35.5. The first-order valence-electron chi connectivity index (χ1n) is 8.08. The molecule has 1 aliphatic rings. The number of rotatable bonds is 7. The van der Waals surface area contributed by atoms with E-state index in [0.717, 1.165) is 50.8 Å². The van der Waals surface area contributed by atoms with Crippen LogP contribution in [0, 0.1) is 0 Å². The van der Waals surface area contributed by atoms with Gasteiger partial charge in [0.25, 0.3) is 0 Å². The van der Waals surface area contributed by atoms with Crippen molar-refractivity contribution in [1.29, 1.82) is 0 Å². The summed E-state index contributed by atoms with van der Waals surface area (Å²) >= 11 is 6.14. The molecule has 0 N–H and O–H groups in total. The number of hydrogen-bond acceptors (Lipinski definition) is 5. The highest BCUT2D eigenvalue weighted by Crippen LogP contribution is 2.22. The molecule has 1 unspecified atom stereocenters. The van der Waals surface area contributed by atoms with Gasteiger partial charge in [0.2, 0.25) is 17.2 Å². The normalized spacial score (nSPS) is 16.3. The van der Waals surface area contributed by atoms with Crippen molar-refractivity contribution >= 4 is 23.5 Å². The second-order valence-corrected chi connectivity index (χ2v) is 6.04. The Balaban J connectivity index is 2.25. The minimum absolute atomic E-state index is 0.298. The molecule has 0 spiro atoms. The molecule has 1 aliphatic heterocycles. The zero-order valence-electron chi connectivity index (χ0n) is 13.3. The van der Waals surface area contributed by atoms with Crippen LogP contribution in [0.5, 0.6) is 0 Å². The molecule has 1 aromatic heterocycles. The number of nitrogens with zero attached hydrogens (tertiary/aromatic N) is 5. The van der Waals surface area contributed by atoms with Crippen LogP contribution < -0.4 is 9.80 Å². The van der Waals surface area contributed by atoms with Gasteiger partial charge in [-0.25, -0.2) is 0 Å². The van der Waals surface area contributed by atoms with Crippen molar-refractivity contribution in [3.05, 3.63) is 5.28 Å². The summed E-state index contributed by atoms with van der Waals surface area (Å²) in [7, 11) is 0. The van der Waals surface area contributed by atoms with Gasteiger partial charge in [-0.15, -0.1) is 0 Å². The minimum Gasteiger partial charge on any atom is -0.341 e. The van der Waals surface area contributed by atoms with Gasteiger partial charge >= 0.3 is 0 Å². The van der Waals surface area contributed by atoms with Crippen molar-refractivity contribution in [3.63, 3.8) is 0 Å². The molecule has 0 amide bonds. The Morgan fingerprint density at radius 2 is 1.90 bits per heavy atom. The molecule has 5 nitrogen and oxygen atoms in total. The van der Waals surface area contributed by atoms with Crippen molar-refractivity contribution in [3.8, 4) is 0 Å². The molecular weight excluding hydrogens is 286 g/mol. The molecule has 0 aromatic carbocycles. The Bertz CT molecular complexity index is 448. The number of anilines is 2. The van der Waals surface area contributed by atoms with E-state index in [1.807, 2.05) is 0 Å². The molecular formula is C15H26ClN5. The van der Waals surface area contributed by atoms with Crippen molar-refractivity contribution in [1.82, 2.24) is 15.0 Å². The van der Waals surface area contributed by atoms with E-state index in [-0.39, 0.29) is 0 Å².